The molecule has 0 radical (unpaired) electrons. The zero-order chi connectivity index (χ0) is 15.3. The number of nitrogens with zero attached hydrogens (tertiary/aromatic N) is 1. The largest absolute Gasteiger partial charge is 0.480 e. The van der Waals surface area contributed by atoms with Gasteiger partial charge in [0.25, 0.3) is 5.91 Å². The third kappa shape index (κ3) is 2.15. The molecule has 2 heterocycles. The van der Waals surface area contributed by atoms with Gasteiger partial charge in [-0.1, -0.05) is 18.2 Å². The van der Waals surface area contributed by atoms with Crippen LogP contribution in [0.2, 0.25) is 0 Å². The number of imide groups is 1. The molecule has 0 aromatic heterocycles. The summed E-state index contributed by atoms with van der Waals surface area (Å²) in [6.45, 7) is 0. The molecule has 0 bridgehead atoms. The molecule has 1 aromatic carbocycles. The Morgan fingerprint density at radius 3 is 2.59 bits per heavy atom. The maximum atomic E-state index is 12.8. The van der Waals surface area contributed by atoms with Crippen LogP contribution in [-0.2, 0) is 20.8 Å². The van der Waals surface area contributed by atoms with Crippen molar-refractivity contribution in [3.63, 3.8) is 0 Å². The lowest BCUT2D eigenvalue weighted by atomic mass is 10.1. The van der Waals surface area contributed by atoms with Gasteiger partial charge in [-0.25, -0.2) is 0 Å². The van der Waals surface area contributed by atoms with Crippen molar-refractivity contribution < 1.29 is 19.1 Å². The summed E-state index contributed by atoms with van der Waals surface area (Å²) in [6, 6.07) is 6.94. The van der Waals surface area contributed by atoms with Crippen molar-refractivity contribution >= 4 is 17.7 Å². The first-order valence-electron chi connectivity index (χ1n) is 7.54. The van der Waals surface area contributed by atoms with Crippen molar-refractivity contribution in [2.45, 2.75) is 43.9 Å². The minimum absolute atomic E-state index is 0.0563. The number of hydrogen-bond acceptors (Lipinski definition) is 4. The Balaban J connectivity index is 1.55. The minimum Gasteiger partial charge on any atom is -0.480 e. The second-order valence-corrected chi connectivity index (χ2v) is 6.03. The molecule has 2 fully saturated rings. The van der Waals surface area contributed by atoms with E-state index in [1.54, 1.807) is 4.90 Å². The topological polar surface area (TPSA) is 75.7 Å². The molecule has 6 heteroatoms. The molecular weight excluding hydrogens is 284 g/mol. The van der Waals surface area contributed by atoms with E-state index in [2.05, 4.69) is 5.32 Å². The zero-order valence-corrected chi connectivity index (χ0v) is 12.0. The first-order chi connectivity index (χ1) is 10.6. The summed E-state index contributed by atoms with van der Waals surface area (Å²) in [7, 11) is 0. The summed E-state index contributed by atoms with van der Waals surface area (Å²) in [4.78, 5) is 37.8. The van der Waals surface area contributed by atoms with Gasteiger partial charge in [0.05, 0.1) is 6.42 Å². The second kappa shape index (κ2) is 4.83. The van der Waals surface area contributed by atoms with Gasteiger partial charge in [0.2, 0.25) is 11.8 Å². The molecule has 1 saturated carbocycles. The molecule has 3 amide bonds. The second-order valence-electron chi connectivity index (χ2n) is 6.03. The van der Waals surface area contributed by atoms with E-state index in [1.807, 2.05) is 24.3 Å². The van der Waals surface area contributed by atoms with Crippen LogP contribution in [0, 0.1) is 0 Å². The molecule has 2 unspecified atom stereocenters. The van der Waals surface area contributed by atoms with Crippen LogP contribution in [0.5, 0.6) is 5.75 Å². The van der Waals surface area contributed by atoms with Crippen LogP contribution in [0.25, 0.3) is 0 Å². The van der Waals surface area contributed by atoms with Crippen LogP contribution < -0.4 is 10.1 Å². The smallest absolute Gasteiger partial charge is 0.264 e. The number of ether oxygens (including phenoxy) is 1. The Bertz CT molecular complexity index is 643. The van der Waals surface area contributed by atoms with Gasteiger partial charge in [0.1, 0.15) is 11.8 Å². The first kappa shape index (κ1) is 13.3. The van der Waals surface area contributed by atoms with Gasteiger partial charge < -0.3 is 9.64 Å². The number of benzene rings is 1. The molecule has 6 nitrogen and oxygen atoms in total. The summed E-state index contributed by atoms with van der Waals surface area (Å²) >= 11 is 0. The molecule has 0 spiro atoms. The van der Waals surface area contributed by atoms with Crippen molar-refractivity contribution in [1.29, 1.82) is 0 Å². The average molecular weight is 300 g/mol. The van der Waals surface area contributed by atoms with E-state index in [9.17, 15) is 14.4 Å². The van der Waals surface area contributed by atoms with E-state index in [4.69, 9.17) is 4.74 Å². The molecule has 1 saturated heterocycles. The van der Waals surface area contributed by atoms with Gasteiger partial charge in [-0.2, -0.15) is 0 Å². The summed E-state index contributed by atoms with van der Waals surface area (Å²) < 4.78 is 5.74. The molecule has 2 atom stereocenters. The SMILES string of the molecule is O=C1CC(N(C(=O)C2Cc3ccccc3O2)C2CC2)C(=O)N1. The number of amides is 3. The van der Waals surface area contributed by atoms with Crippen molar-refractivity contribution in [3.05, 3.63) is 29.8 Å². The normalized spacial score (nSPS) is 26.4. The molecule has 3 aliphatic rings. The molecule has 1 aliphatic carbocycles. The van der Waals surface area contributed by atoms with Gasteiger partial charge in [0, 0.05) is 12.5 Å². The van der Waals surface area contributed by atoms with Crippen LogP contribution in [0.3, 0.4) is 0 Å². The number of carbonyl (C=O) groups is 3. The maximum Gasteiger partial charge on any atom is 0.264 e. The molecule has 114 valence electrons. The third-order valence-electron chi connectivity index (χ3n) is 4.40. The highest BCUT2D eigenvalue weighted by molar-refractivity contribution is 6.07. The number of para-hydroxylation sites is 1. The summed E-state index contributed by atoms with van der Waals surface area (Å²) in [5.74, 6) is -0.151. The fourth-order valence-electron chi connectivity index (χ4n) is 3.19. The summed E-state index contributed by atoms with van der Waals surface area (Å²) in [5, 5.41) is 2.28. The van der Waals surface area contributed by atoms with Crippen LogP contribution in [-0.4, -0.2) is 40.8 Å². The lowest BCUT2D eigenvalue weighted by molar-refractivity contribution is -0.144. The lowest BCUT2D eigenvalue weighted by Gasteiger charge is -2.28. The monoisotopic (exact) mass is 300 g/mol. The van der Waals surface area contributed by atoms with Crippen LogP contribution in [0.1, 0.15) is 24.8 Å². The fourth-order valence-corrected chi connectivity index (χ4v) is 3.19. The number of fused-ring (bicyclic) bond motifs is 1. The summed E-state index contributed by atoms with van der Waals surface area (Å²) in [6.07, 6.45) is 1.73. The van der Waals surface area contributed by atoms with E-state index in [0.717, 1.165) is 24.2 Å². The van der Waals surface area contributed by atoms with E-state index >= 15 is 0 Å². The highest BCUT2D eigenvalue weighted by atomic mass is 16.5. The minimum atomic E-state index is -0.681. The van der Waals surface area contributed by atoms with Crippen LogP contribution in [0.15, 0.2) is 24.3 Å². The average Bonchev–Trinajstić information content (AvgIpc) is 3.13. The van der Waals surface area contributed by atoms with Crippen molar-refractivity contribution in [2.24, 2.45) is 0 Å². The Labute approximate surface area is 127 Å². The molecule has 4 rings (SSSR count). The third-order valence-corrected chi connectivity index (χ3v) is 4.40. The van der Waals surface area contributed by atoms with Crippen molar-refractivity contribution in [3.8, 4) is 5.75 Å². The Kier molecular flexibility index (Phi) is 2.92. The standard InChI is InChI=1S/C16H16N2O4/c19-14-8-11(15(20)17-14)18(10-5-6-10)16(21)13-7-9-3-1-2-4-12(9)22-13/h1-4,10-11,13H,5-8H2,(H,17,19,20). The van der Waals surface area contributed by atoms with Gasteiger partial charge in [-0.3, -0.25) is 19.7 Å². The highest BCUT2D eigenvalue weighted by Crippen LogP contribution is 2.35. The Hall–Kier alpha value is -2.37. The quantitative estimate of drug-likeness (QED) is 0.820. The first-order valence-corrected chi connectivity index (χ1v) is 7.54. The molecule has 1 N–H and O–H groups in total. The van der Waals surface area contributed by atoms with Crippen LogP contribution >= 0.6 is 0 Å². The Morgan fingerprint density at radius 2 is 1.95 bits per heavy atom. The highest BCUT2D eigenvalue weighted by Gasteiger charge is 2.47. The Morgan fingerprint density at radius 1 is 1.18 bits per heavy atom. The molecule has 2 aliphatic heterocycles. The van der Waals surface area contributed by atoms with Crippen molar-refractivity contribution in [1.82, 2.24) is 10.2 Å². The van der Waals surface area contributed by atoms with Gasteiger partial charge >= 0.3 is 0 Å². The van der Waals surface area contributed by atoms with Crippen molar-refractivity contribution in [2.75, 3.05) is 0 Å². The maximum absolute atomic E-state index is 12.8. The summed E-state index contributed by atoms with van der Waals surface area (Å²) in [5.41, 5.74) is 1.00. The van der Waals surface area contributed by atoms with E-state index in [-0.39, 0.29) is 30.2 Å². The predicted octanol–water partition coefficient (Wildman–Crippen LogP) is 0.396. The number of carbonyl (C=O) groups excluding carboxylic acids is 3. The number of rotatable bonds is 3. The molecule has 22 heavy (non-hydrogen) atoms. The van der Waals surface area contributed by atoms with E-state index < -0.39 is 12.1 Å². The predicted molar refractivity (Wildman–Crippen MR) is 76.0 cm³/mol. The fraction of sp³-hybridized carbons (Fsp3) is 0.438. The lowest BCUT2D eigenvalue weighted by Crippen LogP contribution is -2.50. The van der Waals surface area contributed by atoms with Gasteiger partial charge in [-0.15, -0.1) is 0 Å². The van der Waals surface area contributed by atoms with E-state index in [0.29, 0.717) is 6.42 Å². The van der Waals surface area contributed by atoms with Crippen LogP contribution in [0.4, 0.5) is 0 Å². The molecule has 1 aromatic rings. The molecular formula is C16H16N2O4. The number of hydrogen-bond donors (Lipinski definition) is 1. The number of nitrogens with one attached hydrogen (secondary N) is 1. The van der Waals surface area contributed by atoms with Gasteiger partial charge in [0.15, 0.2) is 6.10 Å². The zero-order valence-electron chi connectivity index (χ0n) is 12.0. The van der Waals surface area contributed by atoms with E-state index in [1.165, 1.54) is 0 Å². The van der Waals surface area contributed by atoms with Gasteiger partial charge in [-0.05, 0) is 24.5 Å².